The Morgan fingerprint density at radius 1 is 1.15 bits per heavy atom. The zero-order valence-corrected chi connectivity index (χ0v) is 12.3. The van der Waals surface area contributed by atoms with Crippen LogP contribution in [-0.2, 0) is 5.88 Å². The molecule has 0 aliphatic heterocycles. The maximum absolute atomic E-state index is 5.84. The van der Waals surface area contributed by atoms with E-state index in [1.165, 1.54) is 0 Å². The summed E-state index contributed by atoms with van der Waals surface area (Å²) < 4.78 is 2.24. The van der Waals surface area contributed by atoms with E-state index in [9.17, 15) is 0 Å². The number of halogens is 1. The van der Waals surface area contributed by atoms with E-state index in [1.54, 1.807) is 0 Å². The molecule has 1 aromatic carbocycles. The summed E-state index contributed by atoms with van der Waals surface area (Å²) >= 11 is 5.84. The van der Waals surface area contributed by atoms with Crippen molar-refractivity contribution in [3.63, 3.8) is 0 Å². The smallest absolute Gasteiger partial charge is 0.141 e. The van der Waals surface area contributed by atoms with Gasteiger partial charge in [-0.15, -0.1) is 11.6 Å². The first-order valence-electron chi connectivity index (χ1n) is 6.68. The Morgan fingerprint density at radius 3 is 2.55 bits per heavy atom. The number of imidazole rings is 1. The van der Waals surface area contributed by atoms with Gasteiger partial charge in [0.25, 0.3) is 0 Å². The van der Waals surface area contributed by atoms with Gasteiger partial charge in [-0.2, -0.15) is 0 Å². The van der Waals surface area contributed by atoms with Crippen LogP contribution >= 0.6 is 11.6 Å². The second kappa shape index (κ2) is 5.25. The zero-order chi connectivity index (χ0) is 14.1. The van der Waals surface area contributed by atoms with Crippen LogP contribution in [0.1, 0.15) is 25.5 Å². The third-order valence-corrected chi connectivity index (χ3v) is 3.68. The Bertz CT molecular complexity index is 729. The molecule has 0 fully saturated rings. The molecule has 0 unspecified atom stereocenters. The summed E-state index contributed by atoms with van der Waals surface area (Å²) in [5.74, 6) is 1.51. The zero-order valence-electron chi connectivity index (χ0n) is 11.5. The molecular formula is C16H16ClN3. The molecule has 0 radical (unpaired) electrons. The first-order valence-corrected chi connectivity index (χ1v) is 7.21. The Morgan fingerprint density at radius 2 is 1.90 bits per heavy atom. The van der Waals surface area contributed by atoms with Gasteiger partial charge in [0.1, 0.15) is 11.3 Å². The van der Waals surface area contributed by atoms with E-state index in [0.717, 1.165) is 28.0 Å². The minimum atomic E-state index is 0.338. The first-order chi connectivity index (χ1) is 9.70. The van der Waals surface area contributed by atoms with Gasteiger partial charge in [-0.25, -0.2) is 4.98 Å². The summed E-state index contributed by atoms with van der Waals surface area (Å²) in [5.41, 5.74) is 4.26. The van der Waals surface area contributed by atoms with Gasteiger partial charge < -0.3 is 4.57 Å². The number of fused-ring (bicyclic) bond motifs is 1. The van der Waals surface area contributed by atoms with Crippen molar-refractivity contribution < 1.29 is 0 Å². The van der Waals surface area contributed by atoms with Crippen molar-refractivity contribution in [1.82, 2.24) is 14.5 Å². The summed E-state index contributed by atoms with van der Waals surface area (Å²) in [6.07, 6.45) is 3.62. The van der Waals surface area contributed by atoms with E-state index >= 15 is 0 Å². The Balaban J connectivity index is 2.21. The van der Waals surface area contributed by atoms with Gasteiger partial charge in [0.2, 0.25) is 0 Å². The van der Waals surface area contributed by atoms with Crippen LogP contribution in [0.4, 0.5) is 0 Å². The summed E-state index contributed by atoms with van der Waals surface area (Å²) in [5, 5.41) is 0. The number of benzene rings is 1. The lowest BCUT2D eigenvalue weighted by Crippen LogP contribution is -2.03. The van der Waals surface area contributed by atoms with E-state index in [-0.39, 0.29) is 0 Å². The highest BCUT2D eigenvalue weighted by Gasteiger charge is 2.14. The van der Waals surface area contributed by atoms with E-state index < -0.39 is 0 Å². The molecule has 0 spiro atoms. The average molecular weight is 286 g/mol. The summed E-state index contributed by atoms with van der Waals surface area (Å²) in [7, 11) is 0. The molecule has 2 aromatic heterocycles. The van der Waals surface area contributed by atoms with E-state index in [2.05, 4.69) is 35.5 Å². The van der Waals surface area contributed by atoms with Crippen molar-refractivity contribution in [2.45, 2.75) is 25.8 Å². The molecule has 3 rings (SSSR count). The monoisotopic (exact) mass is 285 g/mol. The molecule has 3 aromatic rings. The number of aromatic nitrogens is 3. The molecule has 0 saturated carbocycles. The Hall–Kier alpha value is -1.87. The summed E-state index contributed by atoms with van der Waals surface area (Å²) in [6.45, 7) is 4.33. The fourth-order valence-corrected chi connectivity index (χ4v) is 2.60. The highest BCUT2D eigenvalue weighted by atomic mass is 35.5. The van der Waals surface area contributed by atoms with Gasteiger partial charge in [0.05, 0.1) is 11.7 Å². The molecular weight excluding hydrogens is 270 g/mol. The molecule has 0 aliphatic carbocycles. The van der Waals surface area contributed by atoms with Crippen molar-refractivity contribution in [3.05, 3.63) is 48.3 Å². The topological polar surface area (TPSA) is 30.7 Å². The van der Waals surface area contributed by atoms with E-state index in [0.29, 0.717) is 11.9 Å². The van der Waals surface area contributed by atoms with Crippen LogP contribution < -0.4 is 0 Å². The molecule has 0 bridgehead atoms. The Labute approximate surface area is 123 Å². The third kappa shape index (κ3) is 2.18. The maximum Gasteiger partial charge on any atom is 0.141 e. The predicted octanol–water partition coefficient (Wildman–Crippen LogP) is 4.42. The number of nitrogens with zero attached hydrogens (tertiary/aromatic N) is 3. The van der Waals surface area contributed by atoms with Gasteiger partial charge in [-0.3, -0.25) is 4.98 Å². The quantitative estimate of drug-likeness (QED) is 0.667. The van der Waals surface area contributed by atoms with Crippen molar-refractivity contribution in [1.29, 1.82) is 0 Å². The number of alkyl halides is 1. The standard InChI is InChI=1S/C16H16ClN3/c1-11(2)20-15-7-8-18-10-14(15)19-16(20)13-5-3-12(9-17)4-6-13/h3-8,10-11H,9H2,1-2H3. The van der Waals surface area contributed by atoms with Crippen molar-refractivity contribution >= 4 is 22.6 Å². The minimum Gasteiger partial charge on any atom is -0.321 e. The van der Waals surface area contributed by atoms with Crippen LogP contribution in [0.2, 0.25) is 0 Å². The molecule has 4 heteroatoms. The average Bonchev–Trinajstić information content (AvgIpc) is 2.86. The van der Waals surface area contributed by atoms with Gasteiger partial charge in [0, 0.05) is 23.7 Å². The van der Waals surface area contributed by atoms with E-state index in [1.807, 2.05) is 30.6 Å². The highest BCUT2D eigenvalue weighted by molar-refractivity contribution is 6.17. The molecule has 0 saturated heterocycles. The molecule has 20 heavy (non-hydrogen) atoms. The molecule has 0 N–H and O–H groups in total. The molecule has 0 aliphatic rings. The normalized spacial score (nSPS) is 11.4. The molecule has 102 valence electrons. The van der Waals surface area contributed by atoms with Crippen LogP contribution in [0.25, 0.3) is 22.4 Å². The maximum atomic E-state index is 5.84. The number of hydrogen-bond donors (Lipinski definition) is 0. The second-order valence-electron chi connectivity index (χ2n) is 5.09. The fraction of sp³-hybridized carbons (Fsp3) is 0.250. The lowest BCUT2D eigenvalue weighted by molar-refractivity contribution is 0.624. The van der Waals surface area contributed by atoms with Crippen LogP contribution in [0.15, 0.2) is 42.7 Å². The van der Waals surface area contributed by atoms with Crippen molar-refractivity contribution in [2.24, 2.45) is 0 Å². The van der Waals surface area contributed by atoms with Gasteiger partial charge >= 0.3 is 0 Å². The van der Waals surface area contributed by atoms with Crippen molar-refractivity contribution in [3.8, 4) is 11.4 Å². The third-order valence-electron chi connectivity index (χ3n) is 3.37. The minimum absolute atomic E-state index is 0.338. The van der Waals surface area contributed by atoms with Crippen LogP contribution in [0, 0.1) is 0 Å². The molecule has 3 nitrogen and oxygen atoms in total. The first kappa shape index (κ1) is 13.1. The van der Waals surface area contributed by atoms with Gasteiger partial charge in [-0.1, -0.05) is 24.3 Å². The fourth-order valence-electron chi connectivity index (χ4n) is 2.42. The Kier molecular flexibility index (Phi) is 3.45. The molecule has 0 amide bonds. The summed E-state index contributed by atoms with van der Waals surface area (Å²) in [6, 6.07) is 10.6. The number of pyridine rings is 1. The SMILES string of the molecule is CC(C)n1c(-c2ccc(CCl)cc2)nc2cnccc21. The van der Waals surface area contributed by atoms with Crippen LogP contribution in [-0.4, -0.2) is 14.5 Å². The van der Waals surface area contributed by atoms with Gasteiger partial charge in [0.15, 0.2) is 0 Å². The van der Waals surface area contributed by atoms with Gasteiger partial charge in [-0.05, 0) is 25.5 Å². The summed E-state index contributed by atoms with van der Waals surface area (Å²) in [4.78, 5) is 8.88. The van der Waals surface area contributed by atoms with Crippen molar-refractivity contribution in [2.75, 3.05) is 0 Å². The van der Waals surface area contributed by atoms with E-state index in [4.69, 9.17) is 16.6 Å². The largest absolute Gasteiger partial charge is 0.321 e. The lowest BCUT2D eigenvalue weighted by Gasteiger charge is -2.13. The molecule has 0 atom stereocenters. The van der Waals surface area contributed by atoms with Crippen LogP contribution in [0.5, 0.6) is 0 Å². The predicted molar refractivity (Wildman–Crippen MR) is 82.9 cm³/mol. The number of rotatable bonds is 3. The second-order valence-corrected chi connectivity index (χ2v) is 5.36. The number of hydrogen-bond acceptors (Lipinski definition) is 2. The highest BCUT2D eigenvalue weighted by Crippen LogP contribution is 2.28. The van der Waals surface area contributed by atoms with Crippen LogP contribution in [0.3, 0.4) is 0 Å². The lowest BCUT2D eigenvalue weighted by atomic mass is 10.1. The molecule has 2 heterocycles.